The summed E-state index contributed by atoms with van der Waals surface area (Å²) < 4.78 is 0.882. The molecule has 0 aliphatic heterocycles. The standard InChI is InChI=1S/C10H13BrCl2N2/c1-7(2-3-12)5-14-10-9(11)4-8(13)6-15-10/h4,6-7H,2-3,5H2,1H3,(H,14,15). The maximum absolute atomic E-state index is 5.79. The lowest BCUT2D eigenvalue weighted by Gasteiger charge is -2.12. The lowest BCUT2D eigenvalue weighted by atomic mass is 10.1. The highest BCUT2D eigenvalue weighted by Crippen LogP contribution is 2.23. The second kappa shape index (κ2) is 6.56. The first-order valence-electron chi connectivity index (χ1n) is 4.74. The maximum atomic E-state index is 5.79. The van der Waals surface area contributed by atoms with E-state index in [-0.39, 0.29) is 0 Å². The Kier molecular flexibility index (Phi) is 5.72. The first-order valence-corrected chi connectivity index (χ1v) is 6.45. The summed E-state index contributed by atoms with van der Waals surface area (Å²) in [5.74, 6) is 2.05. The van der Waals surface area contributed by atoms with Crippen molar-refractivity contribution >= 4 is 44.9 Å². The Morgan fingerprint density at radius 1 is 1.60 bits per heavy atom. The molecular weight excluding hydrogens is 299 g/mol. The van der Waals surface area contributed by atoms with Crippen LogP contribution in [0.3, 0.4) is 0 Å². The van der Waals surface area contributed by atoms with Crippen LogP contribution in [0.5, 0.6) is 0 Å². The number of hydrogen-bond donors (Lipinski definition) is 1. The van der Waals surface area contributed by atoms with E-state index in [1.54, 1.807) is 6.20 Å². The molecule has 1 rings (SSSR count). The first-order chi connectivity index (χ1) is 7.13. The van der Waals surface area contributed by atoms with Gasteiger partial charge in [-0.1, -0.05) is 18.5 Å². The molecule has 0 radical (unpaired) electrons. The number of alkyl halides is 1. The Morgan fingerprint density at radius 2 is 2.33 bits per heavy atom. The molecule has 1 heterocycles. The summed E-state index contributed by atoms with van der Waals surface area (Å²) in [5, 5.41) is 3.88. The van der Waals surface area contributed by atoms with Crippen LogP contribution >= 0.6 is 39.1 Å². The molecule has 1 unspecified atom stereocenters. The molecule has 0 aliphatic rings. The number of rotatable bonds is 5. The molecule has 1 aromatic rings. The first kappa shape index (κ1) is 13.1. The van der Waals surface area contributed by atoms with Gasteiger partial charge in [0.15, 0.2) is 0 Å². The van der Waals surface area contributed by atoms with Crippen molar-refractivity contribution < 1.29 is 0 Å². The molecule has 0 aromatic carbocycles. The molecule has 2 nitrogen and oxygen atoms in total. The highest BCUT2D eigenvalue weighted by atomic mass is 79.9. The molecule has 1 atom stereocenters. The van der Waals surface area contributed by atoms with Crippen LogP contribution in [-0.4, -0.2) is 17.4 Å². The molecule has 0 bridgehead atoms. The van der Waals surface area contributed by atoms with Crippen molar-refractivity contribution in [2.45, 2.75) is 13.3 Å². The molecule has 15 heavy (non-hydrogen) atoms. The zero-order valence-corrected chi connectivity index (χ0v) is 11.5. The zero-order chi connectivity index (χ0) is 11.3. The minimum absolute atomic E-state index is 0.534. The number of pyridine rings is 1. The van der Waals surface area contributed by atoms with Gasteiger partial charge in [0.25, 0.3) is 0 Å². The molecule has 5 heteroatoms. The SMILES string of the molecule is CC(CCCl)CNc1ncc(Cl)cc1Br. The number of hydrogen-bond acceptors (Lipinski definition) is 2. The van der Waals surface area contributed by atoms with Crippen molar-refractivity contribution in [2.75, 3.05) is 17.7 Å². The van der Waals surface area contributed by atoms with E-state index >= 15 is 0 Å². The molecule has 0 fully saturated rings. The molecular formula is C10H13BrCl2N2. The van der Waals surface area contributed by atoms with E-state index in [1.807, 2.05) is 6.07 Å². The number of nitrogens with zero attached hydrogens (tertiary/aromatic N) is 1. The summed E-state index contributed by atoms with van der Waals surface area (Å²) in [6.07, 6.45) is 2.63. The van der Waals surface area contributed by atoms with E-state index in [2.05, 4.69) is 33.2 Å². The van der Waals surface area contributed by atoms with Gasteiger partial charge in [-0.2, -0.15) is 0 Å². The molecule has 0 saturated carbocycles. The highest BCUT2D eigenvalue weighted by molar-refractivity contribution is 9.10. The summed E-state index contributed by atoms with van der Waals surface area (Å²) in [6.45, 7) is 3.01. The Morgan fingerprint density at radius 3 is 2.93 bits per heavy atom. The minimum Gasteiger partial charge on any atom is -0.369 e. The van der Waals surface area contributed by atoms with Crippen LogP contribution in [-0.2, 0) is 0 Å². The van der Waals surface area contributed by atoms with E-state index in [0.29, 0.717) is 16.8 Å². The summed E-state index contributed by atoms with van der Waals surface area (Å²) in [7, 11) is 0. The van der Waals surface area contributed by atoms with Crippen LogP contribution in [0.25, 0.3) is 0 Å². The van der Waals surface area contributed by atoms with Gasteiger partial charge >= 0.3 is 0 Å². The average molecular weight is 312 g/mol. The fraction of sp³-hybridized carbons (Fsp3) is 0.500. The van der Waals surface area contributed by atoms with Gasteiger partial charge in [-0.25, -0.2) is 4.98 Å². The summed E-state index contributed by atoms with van der Waals surface area (Å²) in [4.78, 5) is 4.19. The van der Waals surface area contributed by atoms with Crippen LogP contribution in [0.2, 0.25) is 5.02 Å². The molecule has 0 spiro atoms. The van der Waals surface area contributed by atoms with E-state index in [9.17, 15) is 0 Å². The number of aromatic nitrogens is 1. The number of halogens is 3. The van der Waals surface area contributed by atoms with Crippen LogP contribution in [0.15, 0.2) is 16.7 Å². The third-order valence-corrected chi connectivity index (χ3v) is 3.06. The van der Waals surface area contributed by atoms with Gasteiger partial charge in [-0.3, -0.25) is 0 Å². The van der Waals surface area contributed by atoms with Crippen LogP contribution in [0, 0.1) is 5.92 Å². The van der Waals surface area contributed by atoms with Gasteiger partial charge in [0.1, 0.15) is 5.82 Å². The quantitative estimate of drug-likeness (QED) is 0.825. The summed E-state index contributed by atoms with van der Waals surface area (Å²) >= 11 is 14.9. The van der Waals surface area contributed by atoms with Crippen molar-refractivity contribution in [1.29, 1.82) is 0 Å². The van der Waals surface area contributed by atoms with Gasteiger partial charge < -0.3 is 5.32 Å². The van der Waals surface area contributed by atoms with Gasteiger partial charge in [0.2, 0.25) is 0 Å². The van der Waals surface area contributed by atoms with E-state index < -0.39 is 0 Å². The normalized spacial score (nSPS) is 12.5. The fourth-order valence-electron chi connectivity index (χ4n) is 1.10. The van der Waals surface area contributed by atoms with Crippen molar-refractivity contribution in [3.05, 3.63) is 21.8 Å². The predicted molar refractivity (Wildman–Crippen MR) is 69.9 cm³/mol. The Balaban J connectivity index is 2.50. The fourth-order valence-corrected chi connectivity index (χ4v) is 2.26. The topological polar surface area (TPSA) is 24.9 Å². The minimum atomic E-state index is 0.534. The van der Waals surface area contributed by atoms with Gasteiger partial charge in [0, 0.05) is 18.6 Å². The molecule has 1 N–H and O–H groups in total. The van der Waals surface area contributed by atoms with Gasteiger partial charge in [-0.15, -0.1) is 11.6 Å². The van der Waals surface area contributed by atoms with Gasteiger partial charge in [0.05, 0.1) is 9.50 Å². The average Bonchev–Trinajstić information content (AvgIpc) is 2.17. The monoisotopic (exact) mass is 310 g/mol. The smallest absolute Gasteiger partial charge is 0.140 e. The van der Waals surface area contributed by atoms with Crippen molar-refractivity contribution in [1.82, 2.24) is 4.98 Å². The molecule has 0 amide bonds. The van der Waals surface area contributed by atoms with Crippen LogP contribution in [0.4, 0.5) is 5.82 Å². The Bertz CT molecular complexity index is 320. The van der Waals surface area contributed by atoms with E-state index in [0.717, 1.165) is 23.3 Å². The molecule has 84 valence electrons. The number of anilines is 1. The Labute approximate surface area is 108 Å². The summed E-state index contributed by atoms with van der Waals surface area (Å²) in [5.41, 5.74) is 0. The third-order valence-electron chi connectivity index (χ3n) is 2.03. The van der Waals surface area contributed by atoms with E-state index in [4.69, 9.17) is 23.2 Å². The number of nitrogens with one attached hydrogen (secondary N) is 1. The van der Waals surface area contributed by atoms with Gasteiger partial charge in [-0.05, 0) is 34.3 Å². The highest BCUT2D eigenvalue weighted by Gasteiger charge is 2.04. The lowest BCUT2D eigenvalue weighted by Crippen LogP contribution is -2.12. The zero-order valence-electron chi connectivity index (χ0n) is 8.43. The predicted octanol–water partition coefficient (Wildman–Crippen LogP) is 4.17. The maximum Gasteiger partial charge on any atom is 0.140 e. The second-order valence-corrected chi connectivity index (χ2v) is 5.12. The third kappa shape index (κ3) is 4.58. The second-order valence-electron chi connectivity index (χ2n) is 3.45. The van der Waals surface area contributed by atoms with E-state index in [1.165, 1.54) is 0 Å². The molecule has 0 aliphatic carbocycles. The van der Waals surface area contributed by atoms with Crippen molar-refractivity contribution in [3.63, 3.8) is 0 Å². The Hall–Kier alpha value is 0.01000. The largest absolute Gasteiger partial charge is 0.369 e. The summed E-state index contributed by atoms with van der Waals surface area (Å²) in [6, 6.07) is 1.82. The lowest BCUT2D eigenvalue weighted by molar-refractivity contribution is 0.596. The van der Waals surface area contributed by atoms with Crippen molar-refractivity contribution in [2.24, 2.45) is 5.92 Å². The molecule has 0 saturated heterocycles. The van der Waals surface area contributed by atoms with Crippen LogP contribution in [0.1, 0.15) is 13.3 Å². The van der Waals surface area contributed by atoms with Crippen molar-refractivity contribution in [3.8, 4) is 0 Å². The van der Waals surface area contributed by atoms with Crippen LogP contribution < -0.4 is 5.32 Å². The molecule has 1 aromatic heterocycles.